The van der Waals surface area contributed by atoms with Gasteiger partial charge in [0, 0.05) is 25.3 Å². The van der Waals surface area contributed by atoms with E-state index in [-0.39, 0.29) is 19.4 Å². The van der Waals surface area contributed by atoms with Gasteiger partial charge in [0.1, 0.15) is 11.4 Å². The molecule has 4 rings (SSSR count). The van der Waals surface area contributed by atoms with E-state index in [9.17, 15) is 45.6 Å². The third-order valence-corrected chi connectivity index (χ3v) is 9.34. The van der Waals surface area contributed by atoms with Gasteiger partial charge in [-0.1, -0.05) is 29.8 Å². The van der Waals surface area contributed by atoms with Crippen LogP contribution in [0.3, 0.4) is 0 Å². The number of carbonyl (C=O) groups is 1. The maximum Gasteiger partial charge on any atom is 0.410 e. The second kappa shape index (κ2) is 13.6. The first-order valence-corrected chi connectivity index (χ1v) is 16.1. The van der Waals surface area contributed by atoms with E-state index >= 15 is 0 Å². The molecule has 2 saturated heterocycles. The van der Waals surface area contributed by atoms with Crippen molar-refractivity contribution >= 4 is 18.0 Å². The van der Waals surface area contributed by atoms with Crippen molar-refractivity contribution in [2.24, 2.45) is 5.92 Å². The van der Waals surface area contributed by atoms with Gasteiger partial charge in [-0.15, -0.1) is 0 Å². The van der Waals surface area contributed by atoms with E-state index in [0.717, 1.165) is 21.8 Å². The van der Waals surface area contributed by atoms with E-state index in [1.807, 2.05) is 6.92 Å². The Balaban J connectivity index is 1.62. The van der Waals surface area contributed by atoms with E-state index in [0.29, 0.717) is 16.2 Å². The smallest absolute Gasteiger partial charge is 0.410 e. The molecule has 2 aliphatic heterocycles. The van der Waals surface area contributed by atoms with Crippen molar-refractivity contribution in [3.05, 3.63) is 59.7 Å². The standard InChI is InChI=1S/C32H46N2O13S/c1-19-7-13-22(14-8-19)48-34(31(40,41)27(2,3)37)18-24(35)23(17-20-9-11-21(12-10-20)45-28(4,5)38)33-26(36)46-30(39)25-15-16-44-29(25,6)47-32(30,42)43/h7-14,23-25,35,37-43H,15-18H2,1-6H3,(H,33,36). The number of nitrogens with one attached hydrogen (secondary N) is 1. The van der Waals surface area contributed by atoms with Crippen molar-refractivity contribution in [1.29, 1.82) is 0 Å². The molecule has 2 heterocycles. The summed E-state index contributed by atoms with van der Waals surface area (Å²) in [7, 11) is 0. The Morgan fingerprint density at radius 3 is 2.21 bits per heavy atom. The van der Waals surface area contributed by atoms with Crippen LogP contribution in [0.1, 0.15) is 52.2 Å². The number of benzene rings is 2. The lowest BCUT2D eigenvalue weighted by Crippen LogP contribution is -2.63. The van der Waals surface area contributed by atoms with Gasteiger partial charge >= 0.3 is 17.9 Å². The molecule has 16 heteroatoms. The SMILES string of the molecule is Cc1ccc(SN(CC(O)C(Cc2ccc(OC(C)(C)O)cc2)NC(=O)OC2(O)C3CCOC3(C)OC2(O)O)C(O)(O)C(C)(C)O)cc1. The lowest BCUT2D eigenvalue weighted by atomic mass is 9.91. The predicted octanol–water partition coefficient (Wildman–Crippen LogP) is 0.629. The third kappa shape index (κ3) is 8.40. The number of alkyl carbamates (subject to hydrolysis) is 1. The average Bonchev–Trinajstić information content (AvgIpc) is 3.39. The molecule has 0 bridgehead atoms. The Kier molecular flexibility index (Phi) is 10.8. The topological polar surface area (TPSA) is 231 Å². The number of amides is 1. The zero-order valence-corrected chi connectivity index (χ0v) is 28.5. The summed E-state index contributed by atoms with van der Waals surface area (Å²) in [6.07, 6.45) is -3.01. The fourth-order valence-electron chi connectivity index (χ4n) is 5.51. The van der Waals surface area contributed by atoms with E-state index in [2.05, 4.69) is 5.32 Å². The van der Waals surface area contributed by atoms with E-state index in [1.54, 1.807) is 48.5 Å². The molecule has 0 aliphatic carbocycles. The Labute approximate surface area is 282 Å². The maximum absolute atomic E-state index is 13.3. The molecule has 0 radical (unpaired) electrons. The number of fused-ring (bicyclic) bond motifs is 1. The number of aryl methyl sites for hydroxylation is 1. The number of rotatable bonds is 13. The van der Waals surface area contributed by atoms with Crippen LogP contribution in [-0.2, 0) is 20.6 Å². The number of aliphatic hydroxyl groups is 8. The molecule has 48 heavy (non-hydrogen) atoms. The highest BCUT2D eigenvalue weighted by atomic mass is 32.2. The van der Waals surface area contributed by atoms with Crippen LogP contribution in [0.5, 0.6) is 5.75 Å². The van der Waals surface area contributed by atoms with Gasteiger partial charge in [-0.2, -0.15) is 4.31 Å². The number of ether oxygens (including phenoxy) is 4. The Morgan fingerprint density at radius 2 is 1.65 bits per heavy atom. The van der Waals surface area contributed by atoms with Gasteiger partial charge in [0.25, 0.3) is 5.91 Å². The van der Waals surface area contributed by atoms with Gasteiger partial charge < -0.3 is 60.4 Å². The summed E-state index contributed by atoms with van der Waals surface area (Å²) in [5.74, 6) is -13.2. The molecular formula is C32H46N2O13S. The molecule has 0 saturated carbocycles. The molecule has 2 aromatic carbocycles. The second-order valence-corrected chi connectivity index (χ2v) is 14.5. The van der Waals surface area contributed by atoms with Crippen molar-refractivity contribution in [3.63, 3.8) is 0 Å². The summed E-state index contributed by atoms with van der Waals surface area (Å²) in [6, 6.07) is 12.1. The van der Waals surface area contributed by atoms with Crippen molar-refractivity contribution in [2.75, 3.05) is 13.2 Å². The summed E-state index contributed by atoms with van der Waals surface area (Å²) in [5, 5.41) is 89.0. The fourth-order valence-corrected chi connectivity index (χ4v) is 6.60. The molecule has 15 nitrogen and oxygen atoms in total. The lowest BCUT2D eigenvalue weighted by molar-refractivity contribution is -0.447. The monoisotopic (exact) mass is 698 g/mol. The summed E-state index contributed by atoms with van der Waals surface area (Å²) < 4.78 is 22.1. The molecule has 5 unspecified atom stereocenters. The number of nitrogens with zero attached hydrogens (tertiary/aromatic N) is 1. The number of carbonyl (C=O) groups excluding carboxylic acids is 1. The highest BCUT2D eigenvalue weighted by molar-refractivity contribution is 7.97. The van der Waals surface area contributed by atoms with Crippen molar-refractivity contribution in [3.8, 4) is 5.75 Å². The Hall–Kier alpha value is -2.58. The molecule has 2 aliphatic rings. The van der Waals surface area contributed by atoms with Crippen LogP contribution in [-0.4, -0.2) is 111 Å². The van der Waals surface area contributed by atoms with Crippen LogP contribution < -0.4 is 10.1 Å². The molecule has 2 fully saturated rings. The van der Waals surface area contributed by atoms with Crippen LogP contribution in [0.4, 0.5) is 4.79 Å². The lowest BCUT2D eigenvalue weighted by Gasteiger charge is -2.43. The number of hydrogen-bond donors (Lipinski definition) is 9. The third-order valence-electron chi connectivity index (χ3n) is 8.23. The highest BCUT2D eigenvalue weighted by Crippen LogP contribution is 2.53. The van der Waals surface area contributed by atoms with E-state index < -0.39 is 65.5 Å². The molecule has 268 valence electrons. The van der Waals surface area contributed by atoms with Crippen molar-refractivity contribution in [1.82, 2.24) is 9.62 Å². The van der Waals surface area contributed by atoms with Crippen LogP contribution in [0, 0.1) is 12.8 Å². The van der Waals surface area contributed by atoms with Crippen LogP contribution >= 0.6 is 11.9 Å². The van der Waals surface area contributed by atoms with Crippen molar-refractivity contribution < 1.29 is 64.6 Å². The summed E-state index contributed by atoms with van der Waals surface area (Å²) in [6.45, 7) is 8.03. The quantitative estimate of drug-likeness (QED) is 0.103. The average molecular weight is 699 g/mol. The minimum Gasteiger partial charge on any atom is -0.463 e. The first-order valence-electron chi connectivity index (χ1n) is 15.3. The van der Waals surface area contributed by atoms with Gasteiger partial charge in [-0.3, -0.25) is 4.74 Å². The minimum atomic E-state index is -3.34. The molecular weight excluding hydrogens is 652 g/mol. The second-order valence-electron chi connectivity index (χ2n) is 13.4. The van der Waals surface area contributed by atoms with Gasteiger partial charge in [0.2, 0.25) is 5.79 Å². The zero-order valence-electron chi connectivity index (χ0n) is 27.7. The predicted molar refractivity (Wildman–Crippen MR) is 169 cm³/mol. The first-order chi connectivity index (χ1) is 22.0. The summed E-state index contributed by atoms with van der Waals surface area (Å²) in [4.78, 5) is 13.9. The number of aliphatic hydroxyl groups excluding tert-OH is 1. The molecule has 2 aromatic rings. The Bertz CT molecular complexity index is 1410. The van der Waals surface area contributed by atoms with Crippen LogP contribution in [0.15, 0.2) is 53.4 Å². The van der Waals surface area contributed by atoms with Crippen molar-refractivity contribution in [2.45, 2.75) is 106 Å². The maximum atomic E-state index is 13.3. The number of hydrogen-bond acceptors (Lipinski definition) is 15. The van der Waals surface area contributed by atoms with E-state index in [1.165, 1.54) is 34.6 Å². The minimum absolute atomic E-state index is 0.0610. The normalized spacial score (nSPS) is 25.4. The Morgan fingerprint density at radius 1 is 1.04 bits per heavy atom. The molecule has 0 aromatic heterocycles. The fraction of sp³-hybridized carbons (Fsp3) is 0.594. The molecule has 9 N–H and O–H groups in total. The van der Waals surface area contributed by atoms with Gasteiger partial charge in [0.15, 0.2) is 5.79 Å². The first kappa shape index (κ1) is 38.2. The molecule has 1 amide bonds. The molecule has 5 atom stereocenters. The molecule has 0 spiro atoms. The van der Waals surface area contributed by atoms with E-state index in [4.69, 9.17) is 18.9 Å². The zero-order chi connectivity index (χ0) is 35.9. The van der Waals surface area contributed by atoms with Gasteiger partial charge in [-0.25, -0.2) is 4.79 Å². The largest absolute Gasteiger partial charge is 0.463 e. The highest BCUT2D eigenvalue weighted by Gasteiger charge is 2.75. The summed E-state index contributed by atoms with van der Waals surface area (Å²) in [5.41, 5.74) is -0.626. The van der Waals surface area contributed by atoms with Crippen LogP contribution in [0.25, 0.3) is 0 Å². The summed E-state index contributed by atoms with van der Waals surface area (Å²) >= 11 is 0.837. The van der Waals surface area contributed by atoms with Crippen LogP contribution in [0.2, 0.25) is 0 Å². The van der Waals surface area contributed by atoms with Gasteiger partial charge in [0.05, 0.1) is 24.7 Å². The van der Waals surface area contributed by atoms with Gasteiger partial charge in [-0.05, 0) is 82.3 Å².